The lowest BCUT2D eigenvalue weighted by Gasteiger charge is -2.35. The van der Waals surface area contributed by atoms with Crippen LogP contribution in [0.1, 0.15) is 18.7 Å². The van der Waals surface area contributed by atoms with Crippen molar-refractivity contribution in [1.29, 1.82) is 0 Å². The minimum Gasteiger partial charge on any atom is -0.497 e. The lowest BCUT2D eigenvalue weighted by Crippen LogP contribution is -2.46. The number of anilines is 1. The summed E-state index contributed by atoms with van der Waals surface area (Å²) in [6.45, 7) is 4.91. The van der Waals surface area contributed by atoms with Gasteiger partial charge in [-0.15, -0.1) is 0 Å². The normalized spacial score (nSPS) is 14.7. The molecule has 5 rings (SSSR count). The number of aryl methyl sites for hydroxylation is 1. The van der Waals surface area contributed by atoms with Gasteiger partial charge in [0, 0.05) is 45.0 Å². The number of pyridine rings is 1. The van der Waals surface area contributed by atoms with E-state index < -0.39 is 0 Å². The predicted molar refractivity (Wildman–Crippen MR) is 142 cm³/mol. The van der Waals surface area contributed by atoms with Gasteiger partial charge in [0.15, 0.2) is 0 Å². The maximum Gasteiger partial charge on any atom is 0.261 e. The van der Waals surface area contributed by atoms with Gasteiger partial charge in [-0.3, -0.25) is 14.3 Å². The van der Waals surface area contributed by atoms with Crippen molar-refractivity contribution in [2.75, 3.05) is 44.7 Å². The van der Waals surface area contributed by atoms with E-state index in [4.69, 9.17) is 26.3 Å². The van der Waals surface area contributed by atoms with E-state index >= 15 is 0 Å². The molecule has 7 nitrogen and oxygen atoms in total. The van der Waals surface area contributed by atoms with Crippen LogP contribution >= 0.6 is 11.6 Å². The third-order valence-corrected chi connectivity index (χ3v) is 7.16. The van der Waals surface area contributed by atoms with E-state index in [0.29, 0.717) is 11.1 Å². The monoisotopic (exact) mass is 491 g/mol. The Hall–Kier alpha value is -3.16. The Labute approximate surface area is 209 Å². The molecule has 2 aromatic carbocycles. The maximum atomic E-state index is 12.8. The number of ether oxygens (including phenoxy) is 1. The standard InChI is InChI=1S/C27H30ClN5O2/c1-31-25(29-24-11-10-19(35-2)17-21(24)27(31)34)9-5-6-12-32-13-15-33(16-14-32)26-18-22(28)20-7-3-4-8-23(20)30-26/h3-4,7-8,10-11,17-18H,5-6,9,12-16H2,1-2H3. The first kappa shape index (κ1) is 23.6. The van der Waals surface area contributed by atoms with E-state index in [9.17, 15) is 4.79 Å². The quantitative estimate of drug-likeness (QED) is 0.359. The summed E-state index contributed by atoms with van der Waals surface area (Å²) in [4.78, 5) is 27.2. The molecule has 0 N–H and O–H groups in total. The summed E-state index contributed by atoms with van der Waals surface area (Å²) in [6.07, 6.45) is 2.84. The SMILES string of the molecule is COc1ccc2nc(CCCCN3CCN(c4cc(Cl)c5ccccc5n4)CC3)n(C)c(=O)c2c1. The first-order chi connectivity index (χ1) is 17.0. The van der Waals surface area contributed by atoms with Crippen LogP contribution < -0.4 is 15.2 Å². The third kappa shape index (κ3) is 4.97. The van der Waals surface area contributed by atoms with Crippen molar-refractivity contribution in [3.63, 3.8) is 0 Å². The zero-order valence-electron chi connectivity index (χ0n) is 20.2. The first-order valence-corrected chi connectivity index (χ1v) is 12.5. The van der Waals surface area contributed by atoms with Gasteiger partial charge in [0.2, 0.25) is 0 Å². The summed E-state index contributed by atoms with van der Waals surface area (Å²) in [5.74, 6) is 2.45. The van der Waals surface area contributed by atoms with E-state index in [2.05, 4.69) is 9.80 Å². The number of para-hydroxylation sites is 1. The van der Waals surface area contributed by atoms with Gasteiger partial charge in [-0.2, -0.15) is 0 Å². The van der Waals surface area contributed by atoms with Crippen molar-refractivity contribution in [3.05, 3.63) is 69.7 Å². The second kappa shape index (κ2) is 10.2. The van der Waals surface area contributed by atoms with E-state index in [1.54, 1.807) is 24.8 Å². The van der Waals surface area contributed by atoms with E-state index in [-0.39, 0.29) is 5.56 Å². The molecular formula is C27H30ClN5O2. The van der Waals surface area contributed by atoms with Crippen LogP contribution in [0.5, 0.6) is 5.75 Å². The number of hydrogen-bond acceptors (Lipinski definition) is 6. The minimum absolute atomic E-state index is 0.0255. The van der Waals surface area contributed by atoms with Crippen LogP contribution in [0.3, 0.4) is 0 Å². The lowest BCUT2D eigenvalue weighted by molar-refractivity contribution is 0.252. The fraction of sp³-hybridized carbons (Fsp3) is 0.370. The van der Waals surface area contributed by atoms with Crippen LogP contribution in [0.15, 0.2) is 53.3 Å². The molecule has 2 aromatic heterocycles. The molecule has 0 radical (unpaired) electrons. The molecule has 0 bridgehead atoms. The van der Waals surface area contributed by atoms with Crippen molar-refractivity contribution >= 4 is 39.2 Å². The van der Waals surface area contributed by atoms with E-state index in [1.807, 2.05) is 42.5 Å². The number of rotatable bonds is 7. The molecule has 3 heterocycles. The summed E-state index contributed by atoms with van der Waals surface area (Å²) in [7, 11) is 3.40. The van der Waals surface area contributed by atoms with Gasteiger partial charge in [0.05, 0.1) is 28.6 Å². The second-order valence-electron chi connectivity index (χ2n) is 9.04. The Kier molecular flexibility index (Phi) is 6.88. The smallest absolute Gasteiger partial charge is 0.261 e. The van der Waals surface area contributed by atoms with Gasteiger partial charge >= 0.3 is 0 Å². The van der Waals surface area contributed by atoms with Crippen LogP contribution in [0.25, 0.3) is 21.8 Å². The second-order valence-corrected chi connectivity index (χ2v) is 9.45. The molecule has 0 saturated carbocycles. The Morgan fingerprint density at radius 1 is 0.943 bits per heavy atom. The summed E-state index contributed by atoms with van der Waals surface area (Å²) in [5.41, 5.74) is 1.64. The predicted octanol–water partition coefficient (Wildman–Crippen LogP) is 4.29. The topological polar surface area (TPSA) is 63.5 Å². The number of fused-ring (bicyclic) bond motifs is 2. The number of unbranched alkanes of at least 4 members (excludes halogenated alkanes) is 1. The number of halogens is 1. The number of nitrogens with zero attached hydrogens (tertiary/aromatic N) is 5. The van der Waals surface area contributed by atoms with Gasteiger partial charge in [-0.25, -0.2) is 9.97 Å². The zero-order valence-corrected chi connectivity index (χ0v) is 21.0. The molecule has 0 atom stereocenters. The van der Waals surface area contributed by atoms with Crippen molar-refractivity contribution in [2.24, 2.45) is 7.05 Å². The van der Waals surface area contributed by atoms with Crippen molar-refractivity contribution in [1.82, 2.24) is 19.4 Å². The summed E-state index contributed by atoms with van der Waals surface area (Å²) >= 11 is 6.50. The first-order valence-electron chi connectivity index (χ1n) is 12.1. The maximum absolute atomic E-state index is 12.8. The summed E-state index contributed by atoms with van der Waals surface area (Å²) in [6, 6.07) is 15.5. The molecule has 4 aromatic rings. The Balaban J connectivity index is 1.14. The molecule has 0 amide bonds. The van der Waals surface area contributed by atoms with Crippen LogP contribution in [0.2, 0.25) is 5.02 Å². The average molecular weight is 492 g/mol. The number of benzene rings is 2. The van der Waals surface area contributed by atoms with Crippen LogP contribution in [-0.4, -0.2) is 59.3 Å². The molecule has 0 spiro atoms. The van der Waals surface area contributed by atoms with Gasteiger partial charge in [0.1, 0.15) is 17.4 Å². The van der Waals surface area contributed by atoms with Gasteiger partial charge < -0.3 is 9.64 Å². The fourth-order valence-electron chi connectivity index (χ4n) is 4.75. The molecule has 0 aliphatic carbocycles. The van der Waals surface area contributed by atoms with Crippen molar-refractivity contribution in [3.8, 4) is 5.75 Å². The summed E-state index contributed by atoms with van der Waals surface area (Å²) in [5, 5.41) is 2.34. The fourth-order valence-corrected chi connectivity index (χ4v) is 5.00. The van der Waals surface area contributed by atoms with Gasteiger partial charge in [0.25, 0.3) is 5.56 Å². The highest BCUT2D eigenvalue weighted by molar-refractivity contribution is 6.35. The number of aromatic nitrogens is 3. The van der Waals surface area contributed by atoms with Crippen LogP contribution in [0.4, 0.5) is 5.82 Å². The molecule has 35 heavy (non-hydrogen) atoms. The highest BCUT2D eigenvalue weighted by Gasteiger charge is 2.19. The largest absolute Gasteiger partial charge is 0.497 e. The van der Waals surface area contributed by atoms with Crippen molar-refractivity contribution < 1.29 is 4.74 Å². The number of hydrogen-bond donors (Lipinski definition) is 0. The molecule has 0 unspecified atom stereocenters. The molecule has 1 aliphatic heterocycles. The van der Waals surface area contributed by atoms with E-state index in [1.165, 1.54) is 0 Å². The molecular weight excluding hydrogens is 462 g/mol. The molecule has 1 fully saturated rings. The summed E-state index contributed by atoms with van der Waals surface area (Å²) < 4.78 is 6.91. The van der Waals surface area contributed by atoms with Gasteiger partial charge in [-0.1, -0.05) is 29.8 Å². The highest BCUT2D eigenvalue weighted by atomic mass is 35.5. The average Bonchev–Trinajstić information content (AvgIpc) is 2.89. The molecule has 8 heteroatoms. The zero-order chi connectivity index (χ0) is 24.4. The van der Waals surface area contributed by atoms with E-state index in [0.717, 1.165) is 85.1 Å². The van der Waals surface area contributed by atoms with Crippen LogP contribution in [-0.2, 0) is 13.5 Å². The molecule has 1 aliphatic rings. The Bertz CT molecular complexity index is 1410. The highest BCUT2D eigenvalue weighted by Crippen LogP contribution is 2.27. The lowest BCUT2D eigenvalue weighted by atomic mass is 10.1. The third-order valence-electron chi connectivity index (χ3n) is 6.85. The number of methoxy groups -OCH3 is 1. The van der Waals surface area contributed by atoms with Gasteiger partial charge in [-0.05, 0) is 49.7 Å². The molecule has 182 valence electrons. The molecule has 1 saturated heterocycles. The van der Waals surface area contributed by atoms with Crippen LogP contribution in [0, 0.1) is 0 Å². The van der Waals surface area contributed by atoms with Crippen molar-refractivity contribution in [2.45, 2.75) is 19.3 Å². The Morgan fingerprint density at radius 3 is 2.51 bits per heavy atom. The number of piperazine rings is 1. The minimum atomic E-state index is -0.0255. The Morgan fingerprint density at radius 2 is 1.71 bits per heavy atom.